The number of ether oxygens (including phenoxy) is 8. The molecule has 3 aliphatic rings. The predicted octanol–water partition coefficient (Wildman–Crippen LogP) is -1.39. The van der Waals surface area contributed by atoms with E-state index in [1.54, 1.807) is 0 Å². The highest BCUT2D eigenvalue weighted by atomic mass is 16.8. The Balaban J connectivity index is 1.89. The Labute approximate surface area is 189 Å². The standard InChI is InChI=1S/C20H28O13/c1-8(21)26-6-14-17(29-9(2)22)18(30-10(3)23)19(31-11(4)24)20(33-14)32-13-7-28-15-12(25)5-27-16(13)15/h12-20,25H,5-7H2,1-4H3/t12-,13+,14+,15+,16+,17+,18-,19+,20+/m0/s1. The first-order valence-corrected chi connectivity index (χ1v) is 10.4. The number of hydrogen-bond acceptors (Lipinski definition) is 13. The molecule has 0 aromatic carbocycles. The second-order valence-corrected chi connectivity index (χ2v) is 7.91. The molecule has 3 heterocycles. The van der Waals surface area contributed by atoms with Gasteiger partial charge in [-0.2, -0.15) is 0 Å². The zero-order chi connectivity index (χ0) is 24.3. The van der Waals surface area contributed by atoms with Crippen LogP contribution in [-0.4, -0.2) is 104 Å². The lowest BCUT2D eigenvalue weighted by Crippen LogP contribution is -2.63. The zero-order valence-corrected chi connectivity index (χ0v) is 18.7. The third-order valence-corrected chi connectivity index (χ3v) is 5.24. The highest BCUT2D eigenvalue weighted by Gasteiger charge is 2.55. The molecule has 3 rings (SSSR count). The van der Waals surface area contributed by atoms with E-state index in [1.807, 2.05) is 0 Å². The molecule has 0 aromatic rings. The molecule has 0 bridgehead atoms. The largest absolute Gasteiger partial charge is 0.463 e. The number of fused-ring (bicyclic) bond motifs is 1. The molecule has 13 nitrogen and oxygen atoms in total. The van der Waals surface area contributed by atoms with Crippen LogP contribution in [0.15, 0.2) is 0 Å². The topological polar surface area (TPSA) is 162 Å². The van der Waals surface area contributed by atoms with Crippen molar-refractivity contribution in [3.63, 3.8) is 0 Å². The van der Waals surface area contributed by atoms with Crippen molar-refractivity contribution in [3.8, 4) is 0 Å². The van der Waals surface area contributed by atoms with Crippen molar-refractivity contribution in [2.45, 2.75) is 82.8 Å². The monoisotopic (exact) mass is 476 g/mol. The van der Waals surface area contributed by atoms with E-state index in [9.17, 15) is 24.3 Å². The highest BCUT2D eigenvalue weighted by Crippen LogP contribution is 2.34. The molecule has 0 amide bonds. The van der Waals surface area contributed by atoms with Crippen LogP contribution in [0.1, 0.15) is 27.7 Å². The van der Waals surface area contributed by atoms with Crippen LogP contribution in [0.25, 0.3) is 0 Å². The van der Waals surface area contributed by atoms with Gasteiger partial charge in [-0.3, -0.25) is 19.2 Å². The molecule has 3 aliphatic heterocycles. The van der Waals surface area contributed by atoms with Crippen molar-refractivity contribution in [1.82, 2.24) is 0 Å². The highest BCUT2D eigenvalue weighted by molar-refractivity contribution is 5.68. The van der Waals surface area contributed by atoms with Crippen LogP contribution in [0.4, 0.5) is 0 Å². The van der Waals surface area contributed by atoms with Gasteiger partial charge in [0.25, 0.3) is 0 Å². The summed E-state index contributed by atoms with van der Waals surface area (Å²) in [6.07, 6.45) is -9.13. The maximum Gasteiger partial charge on any atom is 0.303 e. The van der Waals surface area contributed by atoms with Gasteiger partial charge in [0.2, 0.25) is 0 Å². The van der Waals surface area contributed by atoms with E-state index < -0.39 is 79.0 Å². The molecule has 3 saturated heterocycles. The lowest BCUT2D eigenvalue weighted by Gasteiger charge is -2.44. The van der Waals surface area contributed by atoms with E-state index in [1.165, 1.54) is 6.92 Å². The summed E-state index contributed by atoms with van der Waals surface area (Å²) in [5.41, 5.74) is 0. The SMILES string of the molecule is CC(=O)OC[C@H]1O[C@@H](O[C@@H]2CO[C@H]3[C@@H]2OC[C@@H]3O)[C@H](OC(C)=O)[C@@H](OC(C)=O)[C@@H]1OC(C)=O. The Morgan fingerprint density at radius 2 is 1.36 bits per heavy atom. The maximum atomic E-state index is 11.8. The first-order chi connectivity index (χ1) is 15.6. The van der Waals surface area contributed by atoms with E-state index in [0.717, 1.165) is 20.8 Å². The molecule has 33 heavy (non-hydrogen) atoms. The summed E-state index contributed by atoms with van der Waals surface area (Å²) in [6, 6.07) is 0. The van der Waals surface area contributed by atoms with Crippen LogP contribution in [0.2, 0.25) is 0 Å². The molecule has 0 unspecified atom stereocenters. The number of aliphatic hydroxyl groups excluding tert-OH is 1. The average molecular weight is 476 g/mol. The molecular weight excluding hydrogens is 448 g/mol. The fourth-order valence-corrected chi connectivity index (χ4v) is 4.03. The minimum atomic E-state index is -1.34. The smallest absolute Gasteiger partial charge is 0.303 e. The summed E-state index contributed by atoms with van der Waals surface area (Å²) < 4.78 is 44.0. The molecule has 0 radical (unpaired) electrons. The van der Waals surface area contributed by atoms with Crippen molar-refractivity contribution in [2.75, 3.05) is 19.8 Å². The second kappa shape index (κ2) is 10.7. The van der Waals surface area contributed by atoms with Crippen molar-refractivity contribution in [2.24, 2.45) is 0 Å². The first kappa shape index (κ1) is 25.3. The number of aliphatic hydroxyl groups is 1. The van der Waals surface area contributed by atoms with E-state index in [4.69, 9.17) is 37.9 Å². The predicted molar refractivity (Wildman–Crippen MR) is 102 cm³/mol. The maximum absolute atomic E-state index is 11.8. The third-order valence-electron chi connectivity index (χ3n) is 5.24. The van der Waals surface area contributed by atoms with Crippen LogP contribution in [0.5, 0.6) is 0 Å². The average Bonchev–Trinajstić information content (AvgIpc) is 3.27. The minimum absolute atomic E-state index is 0.0548. The van der Waals surface area contributed by atoms with Crippen LogP contribution >= 0.6 is 0 Å². The summed E-state index contributed by atoms with van der Waals surface area (Å²) in [6.45, 7) is 4.34. The Kier molecular flexibility index (Phi) is 8.23. The first-order valence-electron chi connectivity index (χ1n) is 10.4. The summed E-state index contributed by atoms with van der Waals surface area (Å²) in [7, 11) is 0. The van der Waals surface area contributed by atoms with Gasteiger partial charge in [0.15, 0.2) is 24.6 Å². The van der Waals surface area contributed by atoms with Crippen LogP contribution in [0, 0.1) is 0 Å². The molecule has 186 valence electrons. The molecule has 0 saturated carbocycles. The summed E-state index contributed by atoms with van der Waals surface area (Å²) >= 11 is 0. The zero-order valence-electron chi connectivity index (χ0n) is 18.7. The van der Waals surface area contributed by atoms with Gasteiger partial charge < -0.3 is 43.0 Å². The molecular formula is C20H28O13. The Morgan fingerprint density at radius 1 is 0.788 bits per heavy atom. The van der Waals surface area contributed by atoms with Gasteiger partial charge in [-0.25, -0.2) is 0 Å². The molecule has 13 heteroatoms. The van der Waals surface area contributed by atoms with E-state index in [0.29, 0.717) is 0 Å². The fourth-order valence-electron chi connectivity index (χ4n) is 4.03. The third kappa shape index (κ3) is 6.18. The second-order valence-electron chi connectivity index (χ2n) is 7.91. The van der Waals surface area contributed by atoms with Crippen LogP contribution < -0.4 is 0 Å². The van der Waals surface area contributed by atoms with Crippen molar-refractivity contribution in [1.29, 1.82) is 0 Å². The molecule has 0 spiro atoms. The molecule has 0 aromatic heterocycles. The molecule has 3 fully saturated rings. The van der Waals surface area contributed by atoms with Gasteiger partial charge in [-0.15, -0.1) is 0 Å². The Morgan fingerprint density at radius 3 is 1.97 bits per heavy atom. The summed E-state index contributed by atoms with van der Waals surface area (Å²) in [5.74, 6) is -2.82. The van der Waals surface area contributed by atoms with E-state index in [2.05, 4.69) is 0 Å². The van der Waals surface area contributed by atoms with Gasteiger partial charge in [0.1, 0.15) is 37.1 Å². The number of hydrogen-bond donors (Lipinski definition) is 1. The van der Waals surface area contributed by atoms with Gasteiger partial charge in [-0.1, -0.05) is 0 Å². The molecule has 0 aliphatic carbocycles. The number of carbonyl (C=O) groups is 4. The van der Waals surface area contributed by atoms with Gasteiger partial charge in [0, 0.05) is 27.7 Å². The van der Waals surface area contributed by atoms with Crippen molar-refractivity contribution < 1.29 is 62.2 Å². The number of esters is 4. The molecule has 1 N–H and O–H groups in total. The van der Waals surface area contributed by atoms with Gasteiger partial charge >= 0.3 is 23.9 Å². The van der Waals surface area contributed by atoms with E-state index in [-0.39, 0.29) is 19.8 Å². The fraction of sp³-hybridized carbons (Fsp3) is 0.800. The van der Waals surface area contributed by atoms with Crippen molar-refractivity contribution >= 4 is 23.9 Å². The van der Waals surface area contributed by atoms with Gasteiger partial charge in [-0.05, 0) is 0 Å². The lowest BCUT2D eigenvalue weighted by molar-refractivity contribution is -0.320. The minimum Gasteiger partial charge on any atom is -0.463 e. The Hall–Kier alpha value is -2.32. The molecule has 9 atom stereocenters. The quantitative estimate of drug-likeness (QED) is 0.338. The van der Waals surface area contributed by atoms with Gasteiger partial charge in [0.05, 0.1) is 13.2 Å². The normalized spacial score (nSPS) is 37.7. The summed E-state index contributed by atoms with van der Waals surface area (Å²) in [4.78, 5) is 46.8. The number of carbonyl (C=O) groups excluding carboxylic acids is 4. The van der Waals surface area contributed by atoms with Crippen LogP contribution in [-0.2, 0) is 57.1 Å². The number of rotatable bonds is 7. The van der Waals surface area contributed by atoms with Crippen molar-refractivity contribution in [3.05, 3.63) is 0 Å². The van der Waals surface area contributed by atoms with Crippen LogP contribution in [0.3, 0.4) is 0 Å². The summed E-state index contributed by atoms with van der Waals surface area (Å²) in [5, 5.41) is 9.96. The lowest BCUT2D eigenvalue weighted by atomic mass is 9.98. The Bertz CT molecular complexity index is 754. The van der Waals surface area contributed by atoms with E-state index >= 15 is 0 Å².